The first kappa shape index (κ1) is 15.0. The molecule has 2 atom stereocenters. The summed E-state index contributed by atoms with van der Waals surface area (Å²) in [6.45, 7) is 5.54. The quantitative estimate of drug-likeness (QED) is 0.901. The lowest BCUT2D eigenvalue weighted by molar-refractivity contribution is 0.145. The van der Waals surface area contributed by atoms with Crippen LogP contribution in [0.1, 0.15) is 36.8 Å². The Bertz CT molecular complexity index is 425. The maximum absolute atomic E-state index is 5.17. The van der Waals surface area contributed by atoms with Crippen LogP contribution in [0.2, 0.25) is 0 Å². The van der Waals surface area contributed by atoms with Gasteiger partial charge in [0.1, 0.15) is 0 Å². The number of rotatable bonds is 5. The third-order valence-electron chi connectivity index (χ3n) is 4.95. The molecule has 3 nitrogen and oxygen atoms in total. The summed E-state index contributed by atoms with van der Waals surface area (Å²) in [6, 6.07) is 9.67. The lowest BCUT2D eigenvalue weighted by atomic mass is 9.89. The number of hydrogen-bond acceptors (Lipinski definition) is 3. The second-order valence-corrected chi connectivity index (χ2v) is 6.59. The van der Waals surface area contributed by atoms with Crippen LogP contribution < -0.4 is 5.32 Å². The van der Waals surface area contributed by atoms with Gasteiger partial charge in [-0.15, -0.1) is 0 Å². The molecular weight excluding hydrogens is 260 g/mol. The van der Waals surface area contributed by atoms with Gasteiger partial charge in [0.2, 0.25) is 0 Å². The molecule has 0 bridgehead atoms. The summed E-state index contributed by atoms with van der Waals surface area (Å²) in [5, 5.41) is 3.69. The highest BCUT2D eigenvalue weighted by molar-refractivity contribution is 5.22. The van der Waals surface area contributed by atoms with Crippen molar-refractivity contribution in [1.82, 2.24) is 10.2 Å². The van der Waals surface area contributed by atoms with Crippen molar-refractivity contribution < 1.29 is 4.74 Å². The smallest absolute Gasteiger partial charge is 0.0713 e. The lowest BCUT2D eigenvalue weighted by Gasteiger charge is -2.35. The first-order chi connectivity index (χ1) is 10.3. The van der Waals surface area contributed by atoms with Crippen molar-refractivity contribution in [2.75, 3.05) is 26.7 Å². The van der Waals surface area contributed by atoms with E-state index in [1.807, 2.05) is 0 Å². The van der Waals surface area contributed by atoms with Crippen molar-refractivity contribution >= 4 is 0 Å². The van der Waals surface area contributed by atoms with Crippen molar-refractivity contribution in [3.8, 4) is 0 Å². The molecular formula is C18H28N2O. The van der Waals surface area contributed by atoms with E-state index in [2.05, 4.69) is 34.5 Å². The van der Waals surface area contributed by atoms with E-state index in [1.165, 1.54) is 56.4 Å². The van der Waals surface area contributed by atoms with Gasteiger partial charge in [-0.1, -0.05) is 24.3 Å². The zero-order chi connectivity index (χ0) is 14.5. The third kappa shape index (κ3) is 4.06. The predicted molar refractivity (Wildman–Crippen MR) is 86.2 cm³/mol. The van der Waals surface area contributed by atoms with E-state index >= 15 is 0 Å². The van der Waals surface area contributed by atoms with Crippen LogP contribution in [0.3, 0.4) is 0 Å². The van der Waals surface area contributed by atoms with Gasteiger partial charge < -0.3 is 10.1 Å². The summed E-state index contributed by atoms with van der Waals surface area (Å²) < 4.78 is 5.17. The molecule has 0 aliphatic carbocycles. The van der Waals surface area contributed by atoms with Gasteiger partial charge >= 0.3 is 0 Å². The molecule has 0 radical (unpaired) electrons. The third-order valence-corrected chi connectivity index (χ3v) is 4.95. The van der Waals surface area contributed by atoms with E-state index in [-0.39, 0.29) is 0 Å². The van der Waals surface area contributed by atoms with Gasteiger partial charge in [0.15, 0.2) is 0 Å². The Labute approximate surface area is 128 Å². The lowest BCUT2D eigenvalue weighted by Crippen LogP contribution is -2.43. The van der Waals surface area contributed by atoms with Gasteiger partial charge in [-0.05, 0) is 55.8 Å². The van der Waals surface area contributed by atoms with Crippen molar-refractivity contribution in [2.24, 2.45) is 5.92 Å². The SMILES string of the molecule is COCc1ccc(CN2CCCC(C3CCCN3)C2)cc1. The maximum Gasteiger partial charge on any atom is 0.0713 e. The Hall–Kier alpha value is -0.900. The van der Waals surface area contributed by atoms with Crippen LogP contribution >= 0.6 is 0 Å². The summed E-state index contributed by atoms with van der Waals surface area (Å²) in [7, 11) is 1.75. The molecule has 0 aromatic heterocycles. The van der Waals surface area contributed by atoms with Crippen LogP contribution in [-0.2, 0) is 17.9 Å². The molecule has 3 heteroatoms. The van der Waals surface area contributed by atoms with Crippen molar-refractivity contribution in [3.05, 3.63) is 35.4 Å². The van der Waals surface area contributed by atoms with Crippen LogP contribution in [0, 0.1) is 5.92 Å². The van der Waals surface area contributed by atoms with E-state index in [1.54, 1.807) is 7.11 Å². The highest BCUT2D eigenvalue weighted by Crippen LogP contribution is 2.25. The standard InChI is InChI=1S/C18H28N2O/c1-21-14-16-8-6-15(7-9-16)12-20-11-3-4-17(13-20)18-5-2-10-19-18/h6-9,17-19H,2-5,10-14H2,1H3. The maximum atomic E-state index is 5.17. The van der Waals surface area contributed by atoms with Gasteiger partial charge in [-0.3, -0.25) is 4.90 Å². The zero-order valence-electron chi connectivity index (χ0n) is 13.2. The van der Waals surface area contributed by atoms with E-state index < -0.39 is 0 Å². The topological polar surface area (TPSA) is 24.5 Å². The largest absolute Gasteiger partial charge is 0.380 e. The van der Waals surface area contributed by atoms with Crippen LogP contribution in [0.5, 0.6) is 0 Å². The minimum atomic E-state index is 0.708. The number of nitrogens with zero attached hydrogens (tertiary/aromatic N) is 1. The molecule has 2 heterocycles. The highest BCUT2D eigenvalue weighted by atomic mass is 16.5. The molecule has 0 amide bonds. The van der Waals surface area contributed by atoms with E-state index in [9.17, 15) is 0 Å². The molecule has 1 aromatic carbocycles. The fraction of sp³-hybridized carbons (Fsp3) is 0.667. The Morgan fingerprint density at radius 1 is 1.14 bits per heavy atom. The first-order valence-corrected chi connectivity index (χ1v) is 8.37. The molecule has 21 heavy (non-hydrogen) atoms. The zero-order valence-corrected chi connectivity index (χ0v) is 13.2. The molecule has 2 aliphatic rings. The molecule has 2 unspecified atom stereocenters. The molecule has 1 N–H and O–H groups in total. The van der Waals surface area contributed by atoms with Gasteiger partial charge in [0.05, 0.1) is 6.61 Å². The number of nitrogens with one attached hydrogen (secondary N) is 1. The number of benzene rings is 1. The Balaban J connectivity index is 1.54. The van der Waals surface area contributed by atoms with E-state index in [0.717, 1.165) is 18.5 Å². The van der Waals surface area contributed by atoms with E-state index in [4.69, 9.17) is 4.74 Å². The minimum absolute atomic E-state index is 0.708. The van der Waals surface area contributed by atoms with Gasteiger partial charge in [-0.25, -0.2) is 0 Å². The molecule has 3 rings (SSSR count). The van der Waals surface area contributed by atoms with Crippen LogP contribution in [-0.4, -0.2) is 37.7 Å². The Kier molecular flexibility index (Phi) is 5.28. The fourth-order valence-electron chi connectivity index (χ4n) is 3.84. The van der Waals surface area contributed by atoms with Crippen molar-refractivity contribution in [2.45, 2.75) is 44.9 Å². The molecule has 2 fully saturated rings. The number of ether oxygens (including phenoxy) is 1. The van der Waals surface area contributed by atoms with Gasteiger partial charge in [0, 0.05) is 26.2 Å². The number of likely N-dealkylation sites (tertiary alicyclic amines) is 1. The van der Waals surface area contributed by atoms with Crippen LogP contribution in [0.15, 0.2) is 24.3 Å². The second-order valence-electron chi connectivity index (χ2n) is 6.59. The Morgan fingerprint density at radius 2 is 1.95 bits per heavy atom. The fourth-order valence-corrected chi connectivity index (χ4v) is 3.84. The van der Waals surface area contributed by atoms with Crippen LogP contribution in [0.4, 0.5) is 0 Å². The molecule has 0 spiro atoms. The second kappa shape index (κ2) is 7.39. The molecule has 116 valence electrons. The summed E-state index contributed by atoms with van der Waals surface area (Å²) in [5.74, 6) is 0.856. The average Bonchev–Trinajstić information content (AvgIpc) is 3.04. The van der Waals surface area contributed by atoms with Crippen molar-refractivity contribution in [3.63, 3.8) is 0 Å². The van der Waals surface area contributed by atoms with E-state index in [0.29, 0.717) is 6.61 Å². The summed E-state index contributed by atoms with van der Waals surface area (Å²) in [5.41, 5.74) is 2.68. The van der Waals surface area contributed by atoms with Gasteiger partial charge in [-0.2, -0.15) is 0 Å². The molecule has 1 aromatic rings. The molecule has 2 saturated heterocycles. The highest BCUT2D eigenvalue weighted by Gasteiger charge is 2.28. The van der Waals surface area contributed by atoms with Gasteiger partial charge in [0.25, 0.3) is 0 Å². The van der Waals surface area contributed by atoms with Crippen LogP contribution in [0.25, 0.3) is 0 Å². The normalized spacial score (nSPS) is 27.1. The summed E-state index contributed by atoms with van der Waals surface area (Å²) >= 11 is 0. The average molecular weight is 288 g/mol. The Morgan fingerprint density at radius 3 is 2.67 bits per heavy atom. The number of methoxy groups -OCH3 is 1. The summed E-state index contributed by atoms with van der Waals surface area (Å²) in [4.78, 5) is 2.64. The molecule has 2 aliphatic heterocycles. The predicted octanol–water partition coefficient (Wildman–Crippen LogP) is 2.80. The van der Waals surface area contributed by atoms with Crippen molar-refractivity contribution in [1.29, 1.82) is 0 Å². The first-order valence-electron chi connectivity index (χ1n) is 8.37. The summed E-state index contributed by atoms with van der Waals surface area (Å²) in [6.07, 6.45) is 5.50. The minimum Gasteiger partial charge on any atom is -0.380 e. The number of hydrogen-bond donors (Lipinski definition) is 1. The monoisotopic (exact) mass is 288 g/mol. The number of piperidine rings is 1. The molecule has 0 saturated carbocycles.